The fourth-order valence-corrected chi connectivity index (χ4v) is 10.4. The van der Waals surface area contributed by atoms with E-state index in [-0.39, 0.29) is 87.1 Å². The normalized spacial score (nSPS) is 33.0. The Morgan fingerprint density at radius 1 is 0.448 bits per heavy atom. The Morgan fingerprint density at radius 3 is 1.13 bits per heavy atom. The molecule has 3 rings (SSSR count). The third-order valence-corrected chi connectivity index (χ3v) is 14.6. The number of aliphatic carboxylic acids is 1. The number of hydrogen-bond acceptors (Lipinski definition) is 23. The average molecular weight is 1030 g/mol. The molecule has 3 aliphatic heterocycles. The minimum atomic E-state index is -1.61. The molecule has 25 nitrogen and oxygen atoms in total. The molecular weight excluding hydrogens is 957 g/mol. The van der Waals surface area contributed by atoms with Crippen LogP contribution in [0.4, 0.5) is 0 Å². The van der Waals surface area contributed by atoms with Crippen LogP contribution in [0.5, 0.6) is 0 Å². The van der Waals surface area contributed by atoms with Crippen molar-refractivity contribution in [2.45, 2.75) is 159 Å². The first kappa shape index (κ1) is 59.1. The summed E-state index contributed by atoms with van der Waals surface area (Å²) >= 11 is 2.96. The van der Waals surface area contributed by atoms with Gasteiger partial charge in [0.15, 0.2) is 0 Å². The highest BCUT2D eigenvalue weighted by molar-refractivity contribution is 8.00. The maximum absolute atomic E-state index is 13.5. The summed E-state index contributed by atoms with van der Waals surface area (Å²) in [6.45, 7) is -1.49. The highest BCUT2D eigenvalue weighted by Gasteiger charge is 2.46. The molecule has 388 valence electrons. The lowest BCUT2D eigenvalue weighted by Crippen LogP contribution is -2.57. The van der Waals surface area contributed by atoms with Crippen LogP contribution in [0.3, 0.4) is 0 Å². The van der Waals surface area contributed by atoms with Gasteiger partial charge in [0.1, 0.15) is 102 Å². The van der Waals surface area contributed by atoms with Crippen molar-refractivity contribution in [1.82, 2.24) is 21.3 Å². The van der Waals surface area contributed by atoms with Gasteiger partial charge < -0.3 is 102 Å². The summed E-state index contributed by atoms with van der Waals surface area (Å²) in [6, 6.07) is -2.60. The first-order valence-corrected chi connectivity index (χ1v) is 25.1. The molecule has 0 aliphatic carbocycles. The molecule has 0 aromatic rings. The van der Waals surface area contributed by atoms with Crippen molar-refractivity contribution < 1.29 is 105 Å². The largest absolute Gasteiger partial charge is 0.480 e. The Bertz CT molecular complexity index is 1530. The van der Waals surface area contributed by atoms with Gasteiger partial charge in [-0.3, -0.25) is 19.2 Å². The van der Waals surface area contributed by atoms with Gasteiger partial charge in [0, 0.05) is 49.6 Å². The molecule has 0 aromatic carbocycles. The van der Waals surface area contributed by atoms with Gasteiger partial charge in [-0.1, -0.05) is 0 Å². The maximum atomic E-state index is 13.5. The summed E-state index contributed by atoms with van der Waals surface area (Å²) in [5.74, 6) is -3.18. The number of nitrogens with one attached hydrogen (secondary N) is 4. The second-order valence-corrected chi connectivity index (χ2v) is 19.8. The van der Waals surface area contributed by atoms with Crippen molar-refractivity contribution in [3.8, 4) is 0 Å². The molecule has 67 heavy (non-hydrogen) atoms. The summed E-state index contributed by atoms with van der Waals surface area (Å²) in [7, 11) is 0. The predicted molar refractivity (Wildman–Crippen MR) is 238 cm³/mol. The monoisotopic (exact) mass is 1020 g/mol. The highest BCUT2D eigenvalue weighted by atomic mass is 32.2. The first-order chi connectivity index (χ1) is 31.8. The van der Waals surface area contributed by atoms with E-state index in [9.17, 15) is 90.4 Å². The zero-order valence-electron chi connectivity index (χ0n) is 36.6. The second-order valence-electron chi connectivity index (χ2n) is 16.2. The minimum Gasteiger partial charge on any atom is -0.480 e. The highest BCUT2D eigenvalue weighted by Crippen LogP contribution is 2.31. The van der Waals surface area contributed by atoms with Crippen LogP contribution in [0.25, 0.3) is 0 Å². The lowest BCUT2D eigenvalue weighted by atomic mass is 10.0. The van der Waals surface area contributed by atoms with Gasteiger partial charge in [0.2, 0.25) is 23.6 Å². The van der Waals surface area contributed by atoms with Gasteiger partial charge in [-0.2, -0.15) is 0 Å². The van der Waals surface area contributed by atoms with E-state index in [4.69, 9.17) is 14.2 Å². The van der Waals surface area contributed by atoms with Gasteiger partial charge in [0.05, 0.1) is 19.8 Å². The molecule has 0 unspecified atom stereocenters. The van der Waals surface area contributed by atoms with E-state index in [1.165, 1.54) is 0 Å². The summed E-state index contributed by atoms with van der Waals surface area (Å²) in [6.07, 6.45) is -16.1. The number of aliphatic hydroxyl groups excluding tert-OH is 12. The Morgan fingerprint density at radius 2 is 0.791 bits per heavy atom. The van der Waals surface area contributed by atoms with Crippen molar-refractivity contribution >= 4 is 64.9 Å². The van der Waals surface area contributed by atoms with Crippen molar-refractivity contribution in [1.29, 1.82) is 0 Å². The number of rotatable bonds is 29. The van der Waals surface area contributed by atoms with Crippen LogP contribution in [-0.4, -0.2) is 248 Å². The van der Waals surface area contributed by atoms with Gasteiger partial charge >= 0.3 is 5.97 Å². The Kier molecular flexibility index (Phi) is 26.9. The fourth-order valence-electron chi connectivity index (χ4n) is 7.06. The first-order valence-electron chi connectivity index (χ1n) is 22.0. The van der Waals surface area contributed by atoms with Crippen LogP contribution < -0.4 is 21.3 Å². The van der Waals surface area contributed by atoms with E-state index < -0.39 is 139 Å². The van der Waals surface area contributed by atoms with Crippen LogP contribution >= 0.6 is 35.3 Å². The van der Waals surface area contributed by atoms with Gasteiger partial charge in [-0.15, -0.1) is 35.3 Å². The molecule has 0 spiro atoms. The lowest BCUT2D eigenvalue weighted by molar-refractivity contribution is -0.205. The van der Waals surface area contributed by atoms with E-state index in [0.717, 1.165) is 35.3 Å². The van der Waals surface area contributed by atoms with Crippen LogP contribution in [0.15, 0.2) is 0 Å². The topological polar surface area (TPSA) is 424 Å². The third-order valence-electron chi connectivity index (χ3n) is 11.1. The van der Waals surface area contributed by atoms with Gasteiger partial charge in [-0.05, 0) is 38.5 Å². The molecule has 0 radical (unpaired) electrons. The minimum absolute atomic E-state index is 0.00685. The lowest BCUT2D eigenvalue weighted by Gasteiger charge is -2.39. The fraction of sp³-hybridized carbons (Fsp3) is 0.872. The van der Waals surface area contributed by atoms with Gasteiger partial charge in [0.25, 0.3) is 0 Å². The van der Waals surface area contributed by atoms with E-state index in [1.807, 2.05) is 0 Å². The van der Waals surface area contributed by atoms with E-state index in [2.05, 4.69) is 21.3 Å². The number of hydrogen-bond donors (Lipinski definition) is 17. The smallest absolute Gasteiger partial charge is 0.326 e. The number of ether oxygens (including phenoxy) is 3. The molecule has 28 heteroatoms. The Labute approximate surface area is 399 Å². The van der Waals surface area contributed by atoms with Crippen LogP contribution in [0.1, 0.15) is 57.8 Å². The van der Waals surface area contributed by atoms with Crippen molar-refractivity contribution in [2.24, 2.45) is 0 Å². The number of carboxylic acid groups (broad SMARTS) is 1. The van der Waals surface area contributed by atoms with Crippen molar-refractivity contribution in [2.75, 3.05) is 50.2 Å². The Balaban J connectivity index is 1.46. The molecule has 17 N–H and O–H groups in total. The Hall–Kier alpha value is -2.20. The third kappa shape index (κ3) is 18.8. The average Bonchev–Trinajstić information content (AvgIpc) is 3.30. The van der Waals surface area contributed by atoms with Crippen LogP contribution in [0, 0.1) is 0 Å². The van der Waals surface area contributed by atoms with Gasteiger partial charge in [-0.25, -0.2) is 4.79 Å². The zero-order chi connectivity index (χ0) is 49.8. The number of aliphatic hydroxyl groups is 12. The second kappa shape index (κ2) is 30.5. The number of carboxylic acids is 1. The standard InChI is InChI=1S/C39H68N4O21S3/c44-15-20-26(50)29(53)32(56)37(62-20)65-12-7-23(47)40-10-3-1-5-18(42-25(49)9-14-67-39-34(58)31(55)28(52)22(17-46)64-39)35(59)43-19(36(60)61)6-2-4-11-41-24(48)8-13-66-38-33(57)30(54)27(51)21(16-45)63-38/h18-22,26-34,37-39,44-46,50-58H,1-17H2,(H,40,47)(H,41,48)(H,42,49)(H,43,59)(H,60,61)/t18-,19-,20+,21+,22+,26-,27-,28-,29-,30-,31-,32+,33+,34+,37-,38-,39-/m0/s1. The molecule has 0 saturated carbocycles. The molecule has 3 aliphatic rings. The maximum Gasteiger partial charge on any atom is 0.326 e. The van der Waals surface area contributed by atoms with Crippen LogP contribution in [0.2, 0.25) is 0 Å². The summed E-state index contributed by atoms with van der Waals surface area (Å²) < 4.78 is 16.3. The van der Waals surface area contributed by atoms with Crippen molar-refractivity contribution in [3.63, 3.8) is 0 Å². The molecule has 17 atom stereocenters. The van der Waals surface area contributed by atoms with Crippen LogP contribution in [-0.2, 0) is 38.2 Å². The number of thioether (sulfide) groups is 3. The molecule has 3 saturated heterocycles. The zero-order valence-corrected chi connectivity index (χ0v) is 39.1. The number of carbonyl (C=O) groups excluding carboxylic acids is 4. The van der Waals surface area contributed by atoms with E-state index in [1.54, 1.807) is 0 Å². The number of amides is 4. The molecule has 3 heterocycles. The predicted octanol–water partition coefficient (Wildman–Crippen LogP) is -6.62. The SMILES string of the molecule is O=C(CCS[C@@H]1O[C@H](CO)[C@H](O)[C@H](O)[C@H]1O)NCCCC[C@H](NC(=O)[C@H](CCCCNC(=O)CCS[C@@H]1O[C@H](CO)[C@H](O)[C@H](O)[C@H]1O)NC(=O)CCS[C@@H]1O[C@H](CO)[C@H](O)[C@H](O)[C@H]1O)C(=O)O. The number of unbranched alkanes of at least 4 members (excludes halogenated alkanes) is 2. The quantitative estimate of drug-likeness (QED) is 0.0310. The number of carbonyl (C=O) groups is 5. The molecular formula is C39H68N4O21S3. The molecule has 0 aromatic heterocycles. The molecule has 4 amide bonds. The molecule has 3 fully saturated rings. The summed E-state index contributed by atoms with van der Waals surface area (Å²) in [5.41, 5.74) is -3.09. The molecule has 0 bridgehead atoms. The summed E-state index contributed by atoms with van der Waals surface area (Å²) in [4.78, 5) is 63.6. The van der Waals surface area contributed by atoms with E-state index >= 15 is 0 Å². The van der Waals surface area contributed by atoms with E-state index in [0.29, 0.717) is 12.8 Å². The van der Waals surface area contributed by atoms with Crippen molar-refractivity contribution in [3.05, 3.63) is 0 Å². The summed E-state index contributed by atoms with van der Waals surface area (Å²) in [5, 5.41) is 139.